The Balaban J connectivity index is 2.70. The van der Waals surface area contributed by atoms with Crippen molar-refractivity contribution < 1.29 is 9.90 Å². The fraction of sp³-hybridized carbons (Fsp3) is 0.455. The number of rotatable bonds is 6. The van der Waals surface area contributed by atoms with Crippen molar-refractivity contribution in [2.75, 3.05) is 19.7 Å². The van der Waals surface area contributed by atoms with E-state index in [1.54, 1.807) is 41.0 Å². The Morgan fingerprint density at radius 1 is 1.75 bits per heavy atom. The molecule has 0 fully saturated rings. The molecule has 0 spiro atoms. The molecule has 88 valence electrons. The van der Waals surface area contributed by atoms with E-state index in [1.165, 1.54) is 0 Å². The van der Waals surface area contributed by atoms with Crippen LogP contribution in [0.25, 0.3) is 0 Å². The van der Waals surface area contributed by atoms with Crippen molar-refractivity contribution in [3.05, 3.63) is 31.1 Å². The van der Waals surface area contributed by atoms with Crippen molar-refractivity contribution in [1.82, 2.24) is 14.7 Å². The van der Waals surface area contributed by atoms with E-state index in [1.807, 2.05) is 0 Å². The van der Waals surface area contributed by atoms with E-state index < -0.39 is 0 Å². The van der Waals surface area contributed by atoms with Gasteiger partial charge in [0.2, 0.25) is 5.91 Å². The van der Waals surface area contributed by atoms with Crippen LogP contribution in [-0.2, 0) is 4.79 Å². The van der Waals surface area contributed by atoms with Gasteiger partial charge < -0.3 is 10.0 Å². The molecule has 0 radical (unpaired) electrons. The molecular weight excluding hydrogens is 206 g/mol. The predicted molar refractivity (Wildman–Crippen MR) is 60.8 cm³/mol. The fourth-order valence-electron chi connectivity index (χ4n) is 1.46. The van der Waals surface area contributed by atoms with Gasteiger partial charge in [0.1, 0.15) is 6.04 Å². The monoisotopic (exact) mass is 223 g/mol. The minimum absolute atomic E-state index is 0.0502. The molecule has 16 heavy (non-hydrogen) atoms. The third kappa shape index (κ3) is 2.93. The Kier molecular flexibility index (Phi) is 4.72. The Bertz CT molecular complexity index is 335. The van der Waals surface area contributed by atoms with Crippen LogP contribution in [0.1, 0.15) is 13.0 Å². The van der Waals surface area contributed by atoms with Gasteiger partial charge in [0.15, 0.2) is 0 Å². The zero-order valence-corrected chi connectivity index (χ0v) is 9.41. The van der Waals surface area contributed by atoms with E-state index in [0.717, 1.165) is 0 Å². The Labute approximate surface area is 95.0 Å². The van der Waals surface area contributed by atoms with Crippen molar-refractivity contribution in [3.8, 4) is 0 Å². The van der Waals surface area contributed by atoms with Gasteiger partial charge in [-0.25, -0.2) is 0 Å². The molecule has 0 aliphatic heterocycles. The molecule has 1 amide bonds. The molecule has 1 atom stereocenters. The summed E-state index contributed by atoms with van der Waals surface area (Å²) >= 11 is 0. The maximum absolute atomic E-state index is 12.0. The van der Waals surface area contributed by atoms with Crippen LogP contribution >= 0.6 is 0 Å². The molecular formula is C11H17N3O2. The lowest BCUT2D eigenvalue weighted by molar-refractivity contribution is -0.134. The summed E-state index contributed by atoms with van der Waals surface area (Å²) in [6.45, 7) is 6.07. The van der Waals surface area contributed by atoms with E-state index >= 15 is 0 Å². The molecule has 1 heterocycles. The van der Waals surface area contributed by atoms with Gasteiger partial charge in [0, 0.05) is 25.5 Å². The van der Waals surface area contributed by atoms with Crippen LogP contribution in [0.15, 0.2) is 31.1 Å². The van der Waals surface area contributed by atoms with Gasteiger partial charge in [-0.3, -0.25) is 9.48 Å². The topological polar surface area (TPSA) is 58.4 Å². The number of aromatic nitrogens is 2. The largest absolute Gasteiger partial charge is 0.395 e. The molecule has 0 saturated heterocycles. The first kappa shape index (κ1) is 12.4. The fourth-order valence-corrected chi connectivity index (χ4v) is 1.46. The van der Waals surface area contributed by atoms with Gasteiger partial charge in [-0.1, -0.05) is 6.08 Å². The molecule has 5 nitrogen and oxygen atoms in total. The summed E-state index contributed by atoms with van der Waals surface area (Å²) in [7, 11) is 0. The maximum Gasteiger partial charge on any atom is 0.247 e. The Morgan fingerprint density at radius 2 is 2.50 bits per heavy atom. The van der Waals surface area contributed by atoms with Crippen LogP contribution in [0, 0.1) is 0 Å². The normalized spacial score (nSPS) is 12.1. The van der Waals surface area contributed by atoms with Crippen LogP contribution in [0.2, 0.25) is 0 Å². The van der Waals surface area contributed by atoms with Gasteiger partial charge in [0.05, 0.1) is 6.61 Å². The second-order valence-electron chi connectivity index (χ2n) is 3.46. The number of aliphatic hydroxyl groups excluding tert-OH is 1. The lowest BCUT2D eigenvalue weighted by Gasteiger charge is -2.23. The van der Waals surface area contributed by atoms with Crippen molar-refractivity contribution in [2.24, 2.45) is 0 Å². The lowest BCUT2D eigenvalue weighted by atomic mass is 10.3. The van der Waals surface area contributed by atoms with Crippen LogP contribution in [0.5, 0.6) is 0 Å². The molecule has 0 aromatic carbocycles. The van der Waals surface area contributed by atoms with E-state index in [9.17, 15) is 4.79 Å². The number of amides is 1. The minimum atomic E-state index is -0.360. The molecule has 1 aromatic rings. The van der Waals surface area contributed by atoms with Gasteiger partial charge in [-0.05, 0) is 13.0 Å². The Hall–Kier alpha value is -1.62. The van der Waals surface area contributed by atoms with Gasteiger partial charge in [-0.2, -0.15) is 5.10 Å². The first-order valence-electron chi connectivity index (χ1n) is 5.20. The average Bonchev–Trinajstić information content (AvgIpc) is 2.80. The molecule has 0 aliphatic rings. The number of carbonyl (C=O) groups is 1. The van der Waals surface area contributed by atoms with Crippen LogP contribution in [0.4, 0.5) is 0 Å². The number of aliphatic hydroxyl groups is 1. The van der Waals surface area contributed by atoms with E-state index in [0.29, 0.717) is 13.1 Å². The van der Waals surface area contributed by atoms with E-state index in [4.69, 9.17) is 5.11 Å². The van der Waals surface area contributed by atoms with Crippen LogP contribution in [-0.4, -0.2) is 45.4 Å². The summed E-state index contributed by atoms with van der Waals surface area (Å²) in [5.41, 5.74) is 0. The van der Waals surface area contributed by atoms with Crippen molar-refractivity contribution >= 4 is 5.91 Å². The zero-order valence-electron chi connectivity index (χ0n) is 9.41. The molecule has 1 aromatic heterocycles. The first-order valence-corrected chi connectivity index (χ1v) is 5.20. The second-order valence-corrected chi connectivity index (χ2v) is 3.46. The number of hydrogen-bond acceptors (Lipinski definition) is 3. The quantitative estimate of drug-likeness (QED) is 0.712. The highest BCUT2D eigenvalue weighted by atomic mass is 16.3. The highest BCUT2D eigenvalue weighted by molar-refractivity contribution is 5.80. The molecule has 0 aliphatic carbocycles. The van der Waals surface area contributed by atoms with Crippen LogP contribution in [0.3, 0.4) is 0 Å². The molecule has 0 bridgehead atoms. The maximum atomic E-state index is 12.0. The molecule has 1 N–H and O–H groups in total. The second kappa shape index (κ2) is 6.07. The summed E-state index contributed by atoms with van der Waals surface area (Å²) in [6, 6.07) is 1.41. The summed E-state index contributed by atoms with van der Waals surface area (Å²) in [5, 5.41) is 12.9. The molecule has 1 unspecified atom stereocenters. The third-order valence-corrected chi connectivity index (χ3v) is 2.31. The van der Waals surface area contributed by atoms with Crippen LogP contribution < -0.4 is 0 Å². The molecule has 1 rings (SSSR count). The number of hydrogen-bond donors (Lipinski definition) is 1. The summed E-state index contributed by atoms with van der Waals surface area (Å²) in [4.78, 5) is 13.6. The van der Waals surface area contributed by atoms with Gasteiger partial charge in [0.25, 0.3) is 0 Å². The minimum Gasteiger partial charge on any atom is -0.395 e. The van der Waals surface area contributed by atoms with Crippen molar-refractivity contribution in [3.63, 3.8) is 0 Å². The molecule has 0 saturated carbocycles. The van der Waals surface area contributed by atoms with Crippen molar-refractivity contribution in [2.45, 2.75) is 13.0 Å². The standard InChI is InChI=1S/C11H17N3O2/c1-3-6-13(8-9-15)11(16)10(2)14-7-4-5-12-14/h3-5,7,10,15H,1,6,8-9H2,2H3. The smallest absolute Gasteiger partial charge is 0.247 e. The van der Waals surface area contributed by atoms with Crippen molar-refractivity contribution in [1.29, 1.82) is 0 Å². The highest BCUT2D eigenvalue weighted by Gasteiger charge is 2.20. The Morgan fingerprint density at radius 3 is 3.00 bits per heavy atom. The highest BCUT2D eigenvalue weighted by Crippen LogP contribution is 2.08. The zero-order chi connectivity index (χ0) is 12.0. The predicted octanol–water partition coefficient (Wildman–Crippen LogP) is 0.451. The van der Waals surface area contributed by atoms with Gasteiger partial charge >= 0.3 is 0 Å². The van der Waals surface area contributed by atoms with E-state index in [-0.39, 0.29) is 18.6 Å². The molecule has 5 heteroatoms. The summed E-state index contributed by atoms with van der Waals surface area (Å²) in [6.07, 6.45) is 5.02. The average molecular weight is 223 g/mol. The third-order valence-electron chi connectivity index (χ3n) is 2.31. The number of nitrogens with zero attached hydrogens (tertiary/aromatic N) is 3. The first-order chi connectivity index (χ1) is 7.70. The summed E-state index contributed by atoms with van der Waals surface area (Å²) < 4.78 is 1.59. The SMILES string of the molecule is C=CCN(CCO)C(=O)C(C)n1cccn1. The summed E-state index contributed by atoms with van der Waals surface area (Å²) in [5.74, 6) is -0.0716. The lowest BCUT2D eigenvalue weighted by Crippen LogP contribution is -2.38. The number of carbonyl (C=O) groups excluding carboxylic acids is 1. The van der Waals surface area contributed by atoms with E-state index in [2.05, 4.69) is 11.7 Å². The van der Waals surface area contributed by atoms with Gasteiger partial charge in [-0.15, -0.1) is 6.58 Å².